The number of fused-ring (bicyclic) bond motifs is 1. The molecule has 0 radical (unpaired) electrons. The number of hydrogen-bond acceptors (Lipinski definition) is 9. The molecule has 0 aliphatic carbocycles. The molecule has 3 N–H and O–H groups in total. The summed E-state index contributed by atoms with van der Waals surface area (Å²) < 4.78 is 7.93. The van der Waals surface area contributed by atoms with E-state index < -0.39 is 0 Å². The van der Waals surface area contributed by atoms with Crippen LogP contribution in [0.2, 0.25) is 0 Å². The number of ether oxygens (including phenoxy) is 1. The molecular formula is C31H42N8O4. The summed E-state index contributed by atoms with van der Waals surface area (Å²) in [5.74, 6) is 1.45. The van der Waals surface area contributed by atoms with E-state index in [2.05, 4.69) is 49.9 Å². The second kappa shape index (κ2) is 13.9. The lowest BCUT2D eigenvalue weighted by molar-refractivity contribution is -0.139. The average Bonchev–Trinajstić information content (AvgIpc) is 3.56. The Hall–Kier alpha value is -4.19. The van der Waals surface area contributed by atoms with Gasteiger partial charge in [0.05, 0.1) is 19.2 Å². The van der Waals surface area contributed by atoms with Gasteiger partial charge >= 0.3 is 0 Å². The van der Waals surface area contributed by atoms with Crippen molar-refractivity contribution in [2.24, 2.45) is 0 Å². The quantitative estimate of drug-likeness (QED) is 0.227. The van der Waals surface area contributed by atoms with Gasteiger partial charge in [0.2, 0.25) is 23.7 Å². The lowest BCUT2D eigenvalue weighted by Gasteiger charge is -2.35. The number of unbranched alkanes of at least 4 members (excludes halogenated alkanes) is 2. The van der Waals surface area contributed by atoms with E-state index >= 15 is 0 Å². The van der Waals surface area contributed by atoms with Gasteiger partial charge in [-0.1, -0.05) is 31.9 Å². The van der Waals surface area contributed by atoms with E-state index in [-0.39, 0.29) is 49.5 Å². The van der Waals surface area contributed by atoms with Gasteiger partial charge in [-0.05, 0) is 24.1 Å². The molecule has 2 saturated heterocycles. The number of rotatable bonds is 13. The van der Waals surface area contributed by atoms with Crippen LogP contribution >= 0.6 is 0 Å². The van der Waals surface area contributed by atoms with Crippen LogP contribution < -0.4 is 15.8 Å². The van der Waals surface area contributed by atoms with Gasteiger partial charge in [0.25, 0.3) is 0 Å². The largest absolute Gasteiger partial charge is 0.496 e. The maximum Gasteiger partial charge on any atom is 0.229 e. The predicted octanol–water partition coefficient (Wildman–Crippen LogP) is 2.86. The van der Waals surface area contributed by atoms with Crippen LogP contribution in [0.5, 0.6) is 5.75 Å². The predicted molar refractivity (Wildman–Crippen MR) is 164 cm³/mol. The molecule has 3 amide bonds. The van der Waals surface area contributed by atoms with Crippen molar-refractivity contribution >= 4 is 40.5 Å². The molecule has 1 aromatic carbocycles. The third-order valence-electron chi connectivity index (χ3n) is 8.23. The van der Waals surface area contributed by atoms with Gasteiger partial charge in [-0.2, -0.15) is 4.98 Å². The van der Waals surface area contributed by atoms with Crippen molar-refractivity contribution in [3.8, 4) is 5.75 Å². The van der Waals surface area contributed by atoms with Gasteiger partial charge in [-0.3, -0.25) is 24.2 Å². The number of nitrogens with zero attached hydrogens (tertiary/aromatic N) is 6. The Morgan fingerprint density at radius 2 is 1.79 bits per heavy atom. The molecule has 0 bridgehead atoms. The maximum absolute atomic E-state index is 12.7. The van der Waals surface area contributed by atoms with Gasteiger partial charge in [-0.15, -0.1) is 0 Å². The summed E-state index contributed by atoms with van der Waals surface area (Å²) in [6.45, 7) is 7.29. The highest BCUT2D eigenvalue weighted by Crippen LogP contribution is 2.27. The fourth-order valence-corrected chi connectivity index (χ4v) is 5.81. The minimum Gasteiger partial charge on any atom is -0.496 e. The van der Waals surface area contributed by atoms with E-state index in [1.165, 1.54) is 4.90 Å². The molecule has 12 heteroatoms. The number of carbonyl (C=O) groups excluding carboxylic acids is 3. The number of nitrogens with two attached hydrogens (primary N) is 1. The first-order chi connectivity index (χ1) is 20.9. The van der Waals surface area contributed by atoms with Crippen LogP contribution in [-0.4, -0.2) is 93.3 Å². The molecule has 2 aliphatic rings. The molecule has 0 spiro atoms. The number of nitrogen functional groups attached to an aromatic ring is 1. The monoisotopic (exact) mass is 590 g/mol. The van der Waals surface area contributed by atoms with Crippen molar-refractivity contribution in [3.63, 3.8) is 0 Å². The summed E-state index contributed by atoms with van der Waals surface area (Å²) in [6, 6.07) is 8.28. The molecule has 12 nitrogen and oxygen atoms in total. The number of amides is 3. The number of imide groups is 1. The molecule has 3 aromatic rings. The van der Waals surface area contributed by atoms with Crippen molar-refractivity contribution in [1.29, 1.82) is 0 Å². The highest BCUT2D eigenvalue weighted by Gasteiger charge is 2.30. The summed E-state index contributed by atoms with van der Waals surface area (Å²) in [5.41, 5.74) is 9.89. The molecule has 2 aromatic heterocycles. The Bertz CT molecular complexity index is 1450. The standard InChI is InChI=1S/C31H42N8O4/c1-3-4-5-12-33-30-29-24(34-31(32)35-30)10-13-38(29)21-23-7-6-22(19-25(23)43-2)20-36-15-17-37(18-16-36)26(40)11-14-39-27(41)8-9-28(39)42/h6-7,10,13,19H,3-5,8-9,11-12,14-18,20-21H2,1-2H3,(H3,32,33,34,35). The topological polar surface area (TPSA) is 139 Å². The van der Waals surface area contributed by atoms with Crippen LogP contribution in [0.1, 0.15) is 56.6 Å². The number of methoxy groups -OCH3 is 1. The van der Waals surface area contributed by atoms with Crippen LogP contribution in [0, 0.1) is 0 Å². The van der Waals surface area contributed by atoms with Crippen LogP contribution in [0.4, 0.5) is 11.8 Å². The number of benzene rings is 1. The number of likely N-dealkylation sites (tertiary alicyclic amines) is 1. The van der Waals surface area contributed by atoms with E-state index in [0.717, 1.165) is 79.2 Å². The summed E-state index contributed by atoms with van der Waals surface area (Å²) >= 11 is 0. The van der Waals surface area contributed by atoms with Crippen molar-refractivity contribution in [2.75, 3.05) is 57.4 Å². The molecule has 4 heterocycles. The average molecular weight is 591 g/mol. The van der Waals surface area contributed by atoms with Gasteiger partial charge in [0, 0.05) is 76.8 Å². The summed E-state index contributed by atoms with van der Waals surface area (Å²) in [5, 5.41) is 3.45. The molecular weight excluding hydrogens is 548 g/mol. The zero-order valence-electron chi connectivity index (χ0n) is 25.2. The SMILES string of the molecule is CCCCCNc1nc(N)nc2ccn(Cc3ccc(CN4CCN(C(=O)CCN5C(=O)CCC5=O)CC4)cc3OC)c12. The zero-order valence-corrected chi connectivity index (χ0v) is 25.2. The minimum atomic E-state index is -0.176. The van der Waals surface area contributed by atoms with E-state index in [1.54, 1.807) is 7.11 Å². The molecule has 0 atom stereocenters. The third-order valence-corrected chi connectivity index (χ3v) is 8.23. The van der Waals surface area contributed by atoms with Crippen molar-refractivity contribution in [3.05, 3.63) is 41.6 Å². The Balaban J connectivity index is 1.18. The molecule has 5 rings (SSSR count). The van der Waals surface area contributed by atoms with Crippen molar-refractivity contribution < 1.29 is 19.1 Å². The highest BCUT2D eigenvalue weighted by molar-refractivity contribution is 6.02. The summed E-state index contributed by atoms with van der Waals surface area (Å²) in [7, 11) is 1.69. The Morgan fingerprint density at radius 3 is 2.51 bits per heavy atom. The Kier molecular flexibility index (Phi) is 9.75. The first-order valence-corrected chi connectivity index (χ1v) is 15.2. The van der Waals surface area contributed by atoms with E-state index in [9.17, 15) is 14.4 Å². The lowest BCUT2D eigenvalue weighted by atomic mass is 10.1. The molecule has 43 heavy (non-hydrogen) atoms. The fraction of sp³-hybridized carbons (Fsp3) is 0.516. The maximum atomic E-state index is 12.7. The van der Waals surface area contributed by atoms with Crippen LogP contribution in [0.25, 0.3) is 11.0 Å². The van der Waals surface area contributed by atoms with E-state index in [0.29, 0.717) is 19.6 Å². The normalized spacial score (nSPS) is 16.0. The number of nitrogens with one attached hydrogen (secondary N) is 1. The number of carbonyl (C=O) groups is 3. The second-order valence-electron chi connectivity index (χ2n) is 11.2. The molecule has 2 fully saturated rings. The Labute approximate surface area is 252 Å². The van der Waals surface area contributed by atoms with Crippen LogP contribution in [0.15, 0.2) is 30.5 Å². The molecule has 2 aliphatic heterocycles. The smallest absolute Gasteiger partial charge is 0.229 e. The molecule has 0 unspecified atom stereocenters. The molecule has 0 saturated carbocycles. The third kappa shape index (κ3) is 7.24. The first kappa shape index (κ1) is 30.3. The van der Waals surface area contributed by atoms with Gasteiger partial charge in [0.1, 0.15) is 11.3 Å². The highest BCUT2D eigenvalue weighted by atomic mass is 16.5. The number of hydrogen-bond donors (Lipinski definition) is 2. The lowest BCUT2D eigenvalue weighted by Crippen LogP contribution is -2.49. The van der Waals surface area contributed by atoms with Gasteiger partial charge in [-0.25, -0.2) is 4.98 Å². The summed E-state index contributed by atoms with van der Waals surface area (Å²) in [4.78, 5) is 50.6. The Morgan fingerprint density at radius 1 is 1.02 bits per heavy atom. The van der Waals surface area contributed by atoms with Gasteiger partial charge < -0.3 is 25.3 Å². The van der Waals surface area contributed by atoms with Crippen molar-refractivity contribution in [2.45, 2.75) is 58.5 Å². The van der Waals surface area contributed by atoms with Gasteiger partial charge in [0.15, 0.2) is 5.82 Å². The van der Waals surface area contributed by atoms with Crippen LogP contribution in [0.3, 0.4) is 0 Å². The first-order valence-electron chi connectivity index (χ1n) is 15.2. The van der Waals surface area contributed by atoms with Crippen molar-refractivity contribution in [1.82, 2.24) is 29.2 Å². The summed E-state index contributed by atoms with van der Waals surface area (Å²) in [6.07, 6.45) is 6.06. The second-order valence-corrected chi connectivity index (χ2v) is 11.2. The molecule has 230 valence electrons. The number of anilines is 2. The number of piperazine rings is 1. The zero-order chi connectivity index (χ0) is 30.3. The minimum absolute atomic E-state index is 0.0110. The van der Waals surface area contributed by atoms with E-state index in [4.69, 9.17) is 10.5 Å². The number of aromatic nitrogens is 3. The van der Waals surface area contributed by atoms with E-state index in [1.807, 2.05) is 17.2 Å². The van der Waals surface area contributed by atoms with Crippen LogP contribution in [-0.2, 0) is 27.5 Å². The fourth-order valence-electron chi connectivity index (χ4n) is 5.81.